The van der Waals surface area contributed by atoms with Gasteiger partial charge in [-0.2, -0.15) is 0 Å². The molecule has 2 N–H and O–H groups in total. The molecule has 2 aliphatic carbocycles. The number of hydrogen-bond donors (Lipinski definition) is 2. The van der Waals surface area contributed by atoms with Crippen molar-refractivity contribution >= 4 is 126 Å². The van der Waals surface area contributed by atoms with Gasteiger partial charge in [-0.1, -0.05) is 137 Å². The van der Waals surface area contributed by atoms with Crippen LogP contribution in [0.5, 0.6) is 0 Å². The van der Waals surface area contributed by atoms with Crippen LogP contribution in [0, 0.1) is 0 Å². The monoisotopic (exact) mass is 930 g/mol. The Morgan fingerprint density at radius 2 is 0.915 bits per heavy atom. The van der Waals surface area contributed by atoms with Crippen molar-refractivity contribution < 1.29 is 19.2 Å². The predicted octanol–water partition coefficient (Wildman–Crippen LogP) is 12.4. The molecule has 8 rings (SSSR count). The summed E-state index contributed by atoms with van der Waals surface area (Å²) in [6.07, 6.45) is 7.83. The van der Waals surface area contributed by atoms with E-state index in [-0.39, 0.29) is 33.5 Å². The van der Waals surface area contributed by atoms with Crippen molar-refractivity contribution in [2.75, 3.05) is 0 Å². The molecule has 0 atom stereocenters. The molecule has 0 radical (unpaired) electrons. The number of amides is 2. The highest BCUT2D eigenvalue weighted by atomic mass is 35.5. The van der Waals surface area contributed by atoms with Crippen molar-refractivity contribution in [1.82, 2.24) is 19.8 Å². The molecule has 2 amide bonds. The van der Waals surface area contributed by atoms with E-state index in [0.717, 1.165) is 68.0 Å². The smallest absolute Gasteiger partial charge is 0.292 e. The van der Waals surface area contributed by atoms with Crippen molar-refractivity contribution in [3.63, 3.8) is 0 Å². The Morgan fingerprint density at radius 3 is 1.39 bits per heavy atom. The maximum absolute atomic E-state index is 13.1. The number of carbonyl (C=O) groups is 4. The summed E-state index contributed by atoms with van der Waals surface area (Å²) in [5.41, 5.74) is 3.42. The minimum Gasteiger partial charge on any atom is -0.346 e. The minimum atomic E-state index is -0.667. The summed E-state index contributed by atoms with van der Waals surface area (Å²) in [7, 11) is 0. The summed E-state index contributed by atoms with van der Waals surface area (Å²) in [4.78, 5) is 51.3. The SMILES string of the molecule is O=C(NC1CCCC1)C(=O)c1c(Cl)n(Cc2ccc(Cl)cc2Cl)c2ccc(Cl)cc12.O=C(NC1CCCC1)C(=O)c1c(Cl)n(Cc2ccc(Cl)cc2Cl)c2ccccc12. The van der Waals surface area contributed by atoms with E-state index in [1.807, 2.05) is 24.3 Å². The van der Waals surface area contributed by atoms with Gasteiger partial charge in [0.15, 0.2) is 0 Å². The van der Waals surface area contributed by atoms with Crippen molar-refractivity contribution in [2.45, 2.75) is 76.5 Å². The van der Waals surface area contributed by atoms with Crippen LogP contribution < -0.4 is 10.6 Å². The van der Waals surface area contributed by atoms with Gasteiger partial charge < -0.3 is 19.8 Å². The molecule has 2 aromatic heterocycles. The number of aromatic nitrogens is 2. The van der Waals surface area contributed by atoms with Crippen LogP contribution in [0.3, 0.4) is 0 Å². The van der Waals surface area contributed by atoms with Crippen molar-refractivity contribution in [1.29, 1.82) is 0 Å². The predicted molar refractivity (Wildman–Crippen MR) is 239 cm³/mol. The van der Waals surface area contributed by atoms with Crippen molar-refractivity contribution in [2.24, 2.45) is 0 Å². The summed E-state index contributed by atoms with van der Waals surface area (Å²) in [5.74, 6) is -2.53. The fraction of sp³-hybridized carbons (Fsp3) is 0.273. The number of carbonyl (C=O) groups excluding carboxylic acids is 4. The summed E-state index contributed by atoms with van der Waals surface area (Å²) in [6.45, 7) is 0.664. The van der Waals surface area contributed by atoms with Gasteiger partial charge in [-0.25, -0.2) is 0 Å². The molecule has 6 aromatic rings. The van der Waals surface area contributed by atoms with Gasteiger partial charge in [0.05, 0.1) is 35.2 Å². The summed E-state index contributed by atoms with van der Waals surface area (Å²) in [5, 5.41) is 9.78. The number of rotatable bonds is 10. The van der Waals surface area contributed by atoms with Gasteiger partial charge in [0, 0.05) is 48.0 Å². The van der Waals surface area contributed by atoms with E-state index < -0.39 is 23.4 Å². The quantitative estimate of drug-likeness (QED) is 0.105. The average Bonchev–Trinajstić information content (AvgIpc) is 4.01. The Morgan fingerprint density at radius 1 is 0.508 bits per heavy atom. The van der Waals surface area contributed by atoms with Gasteiger partial charge in [-0.3, -0.25) is 19.2 Å². The van der Waals surface area contributed by atoms with Crippen LogP contribution in [0.2, 0.25) is 35.4 Å². The summed E-state index contributed by atoms with van der Waals surface area (Å²) < 4.78 is 3.54. The van der Waals surface area contributed by atoms with E-state index >= 15 is 0 Å². The third-order valence-corrected chi connectivity index (χ3v) is 13.0. The molecule has 0 aliphatic heterocycles. The van der Waals surface area contributed by atoms with Crippen molar-refractivity contribution in [3.05, 3.63) is 137 Å². The lowest BCUT2D eigenvalue weighted by molar-refractivity contribution is -0.118. The van der Waals surface area contributed by atoms with Crippen LogP contribution in [0.1, 0.15) is 83.2 Å². The summed E-state index contributed by atoms with van der Waals surface area (Å²) >= 11 is 44.1. The normalized spacial score (nSPS) is 14.4. The van der Waals surface area contributed by atoms with Crippen LogP contribution in [0.4, 0.5) is 0 Å². The molecule has 59 heavy (non-hydrogen) atoms. The largest absolute Gasteiger partial charge is 0.346 e. The van der Waals surface area contributed by atoms with Gasteiger partial charge in [0.25, 0.3) is 23.4 Å². The Labute approximate surface area is 376 Å². The Hall–Kier alpha value is -3.73. The number of fused-ring (bicyclic) bond motifs is 2. The first-order chi connectivity index (χ1) is 28.3. The lowest BCUT2D eigenvalue weighted by Gasteiger charge is -2.11. The molecule has 4 aromatic carbocycles. The molecule has 2 fully saturated rings. The minimum absolute atomic E-state index is 0.0324. The third kappa shape index (κ3) is 9.60. The molecule has 0 saturated heterocycles. The Balaban J connectivity index is 0.000000179. The second-order valence-electron chi connectivity index (χ2n) is 14.7. The number of benzene rings is 4. The zero-order valence-electron chi connectivity index (χ0n) is 31.4. The van der Waals surface area contributed by atoms with Crippen LogP contribution in [0.25, 0.3) is 21.8 Å². The maximum Gasteiger partial charge on any atom is 0.292 e. The zero-order valence-corrected chi connectivity index (χ0v) is 36.7. The second-order valence-corrected chi connectivity index (χ2v) is 17.6. The van der Waals surface area contributed by atoms with Gasteiger partial charge in [-0.05, 0) is 85.3 Å². The molecule has 0 unspecified atom stereocenters. The van der Waals surface area contributed by atoms with Crippen LogP contribution >= 0.6 is 81.2 Å². The third-order valence-electron chi connectivity index (χ3n) is 10.8. The Bertz CT molecular complexity index is 2610. The first-order valence-corrected chi connectivity index (χ1v) is 21.8. The molecule has 2 heterocycles. The maximum atomic E-state index is 13.1. The first-order valence-electron chi connectivity index (χ1n) is 19.1. The van der Waals surface area contributed by atoms with E-state index in [4.69, 9.17) is 81.2 Å². The highest BCUT2D eigenvalue weighted by Gasteiger charge is 2.30. The number of halogens is 7. The van der Waals surface area contributed by atoms with E-state index in [1.54, 1.807) is 63.7 Å². The van der Waals surface area contributed by atoms with Crippen LogP contribution in [0.15, 0.2) is 78.9 Å². The highest BCUT2D eigenvalue weighted by Crippen LogP contribution is 2.36. The highest BCUT2D eigenvalue weighted by molar-refractivity contribution is 6.50. The lowest BCUT2D eigenvalue weighted by atomic mass is 10.1. The Kier molecular flexibility index (Phi) is 13.9. The number of hydrogen-bond acceptors (Lipinski definition) is 4. The fourth-order valence-corrected chi connectivity index (χ4v) is 9.60. The lowest BCUT2D eigenvalue weighted by Crippen LogP contribution is -2.37. The van der Waals surface area contributed by atoms with E-state index in [1.165, 1.54) is 0 Å². The van der Waals surface area contributed by atoms with Crippen LogP contribution in [-0.4, -0.2) is 44.6 Å². The molecule has 0 bridgehead atoms. The van der Waals surface area contributed by atoms with E-state index in [0.29, 0.717) is 54.5 Å². The molecule has 15 heteroatoms. The van der Waals surface area contributed by atoms with E-state index in [2.05, 4.69) is 10.6 Å². The molecule has 0 spiro atoms. The molecule has 2 aliphatic rings. The van der Waals surface area contributed by atoms with Gasteiger partial charge in [0.1, 0.15) is 10.3 Å². The van der Waals surface area contributed by atoms with Gasteiger partial charge in [-0.15, -0.1) is 0 Å². The molecule has 8 nitrogen and oxygen atoms in total. The first kappa shape index (κ1) is 43.4. The number of Topliss-reactive ketones (excluding diaryl/α,β-unsaturated/α-hetero) is 2. The van der Waals surface area contributed by atoms with Crippen LogP contribution in [-0.2, 0) is 22.7 Å². The number of para-hydroxylation sites is 1. The topological polar surface area (TPSA) is 102 Å². The second kappa shape index (κ2) is 18.9. The number of nitrogens with zero attached hydrogens (tertiary/aromatic N) is 2. The van der Waals surface area contributed by atoms with E-state index in [9.17, 15) is 19.2 Å². The average molecular weight is 934 g/mol. The fourth-order valence-electron chi connectivity index (χ4n) is 7.82. The van der Waals surface area contributed by atoms with Gasteiger partial charge in [0.2, 0.25) is 0 Å². The van der Waals surface area contributed by atoms with Gasteiger partial charge >= 0.3 is 0 Å². The van der Waals surface area contributed by atoms with Crippen molar-refractivity contribution in [3.8, 4) is 0 Å². The zero-order chi connectivity index (χ0) is 42.0. The molecule has 306 valence electrons. The standard InChI is InChI=1S/C22H18Cl4N2O2.C22H19Cl3N2O2/c23-13-7-8-18-16(9-13)19(20(29)22(30)27-15-3-1-2-4-15)21(26)28(18)11-12-5-6-14(24)10-17(12)25;23-14-10-9-13(17(24)11-14)12-27-18-8-4-3-7-16(18)19(21(27)25)20(28)22(29)26-15-5-1-2-6-15/h5-10,15H,1-4,11H2,(H,27,30);3-4,7-11,15H,1-2,5-6,12H2,(H,26,29). The summed E-state index contributed by atoms with van der Waals surface area (Å²) in [6, 6.07) is 23.0. The molecule has 2 saturated carbocycles. The number of nitrogens with one attached hydrogen (secondary N) is 2. The molecular weight excluding hydrogens is 897 g/mol. The molecular formula is C44H37Cl7N4O4. The number of ketones is 2.